The van der Waals surface area contributed by atoms with E-state index in [1.54, 1.807) is 5.38 Å². The summed E-state index contributed by atoms with van der Waals surface area (Å²) in [6.07, 6.45) is 3.79. The first kappa shape index (κ1) is 23.2. The van der Waals surface area contributed by atoms with Gasteiger partial charge < -0.3 is 14.8 Å². The molecular weight excluding hydrogens is 470 g/mol. The number of H-pyrrole nitrogens is 1. The average Bonchev–Trinajstić information content (AvgIpc) is 3.51. The highest BCUT2D eigenvalue weighted by Gasteiger charge is 2.27. The number of benzene rings is 2. The van der Waals surface area contributed by atoms with Gasteiger partial charge in [-0.15, -0.1) is 11.3 Å². The Labute approximate surface area is 205 Å². The minimum atomic E-state index is -0.805. The topological polar surface area (TPSA) is 69.3 Å². The van der Waals surface area contributed by atoms with Crippen LogP contribution in [0.5, 0.6) is 0 Å². The molecule has 1 aliphatic rings. The Hall–Kier alpha value is -3.59. The lowest BCUT2D eigenvalue weighted by Crippen LogP contribution is -2.38. The van der Waals surface area contributed by atoms with Crippen LogP contribution in [0.3, 0.4) is 0 Å². The molecule has 0 unspecified atom stereocenters. The van der Waals surface area contributed by atoms with Crippen LogP contribution < -0.4 is 4.90 Å². The van der Waals surface area contributed by atoms with Crippen molar-refractivity contribution in [2.45, 2.75) is 25.2 Å². The number of nitrogens with one attached hydrogen (secondary N) is 1. The molecule has 5 rings (SSSR count). The zero-order valence-corrected chi connectivity index (χ0v) is 19.9. The van der Waals surface area contributed by atoms with Crippen molar-refractivity contribution in [3.05, 3.63) is 81.9 Å². The van der Waals surface area contributed by atoms with Crippen LogP contribution in [0.2, 0.25) is 0 Å². The quantitative estimate of drug-likeness (QED) is 0.418. The first-order valence-corrected chi connectivity index (χ1v) is 12.3. The number of aromatic amines is 1. The molecule has 3 heterocycles. The van der Waals surface area contributed by atoms with Gasteiger partial charge in [-0.1, -0.05) is 18.2 Å². The molecule has 0 bridgehead atoms. The molecule has 2 aromatic carbocycles. The highest BCUT2D eigenvalue weighted by molar-refractivity contribution is 7.10. The first-order chi connectivity index (χ1) is 16.9. The summed E-state index contributed by atoms with van der Waals surface area (Å²) in [4.78, 5) is 36.5. The zero-order chi connectivity index (χ0) is 24.5. The molecule has 0 saturated carbocycles. The molecule has 6 nitrogen and oxygen atoms in total. The smallest absolute Gasteiger partial charge is 0.277 e. The van der Waals surface area contributed by atoms with E-state index < -0.39 is 17.5 Å². The molecule has 2 aromatic heterocycles. The lowest BCUT2D eigenvalue weighted by atomic mass is 9.97. The third-order valence-corrected chi connectivity index (χ3v) is 7.54. The van der Waals surface area contributed by atoms with Crippen LogP contribution >= 0.6 is 11.3 Å². The fraction of sp³-hybridized carbons (Fsp3) is 0.269. The van der Waals surface area contributed by atoms with E-state index in [2.05, 4.69) is 9.97 Å². The molecule has 35 heavy (non-hydrogen) atoms. The van der Waals surface area contributed by atoms with E-state index in [4.69, 9.17) is 0 Å². The van der Waals surface area contributed by atoms with Crippen LogP contribution in [0.25, 0.3) is 10.9 Å². The third-order valence-electron chi connectivity index (χ3n) is 6.53. The predicted octanol–water partition coefficient (Wildman–Crippen LogP) is 5.13. The number of thiazole rings is 1. The minimum absolute atomic E-state index is 0.00651. The fourth-order valence-electron chi connectivity index (χ4n) is 4.54. The number of rotatable bonds is 5. The maximum Gasteiger partial charge on any atom is 0.277 e. The maximum absolute atomic E-state index is 14.1. The standard InChI is InChI=1S/C26H24F2N4O2S/c1-31(23-7-6-18(27)13-20(23)28)26(34)22-15-35-25(30-22)16-8-10-32(11-9-16)24(33)12-17-14-29-21-5-3-2-4-19(17)21/h2-7,13-16,29H,8-12H2,1H3. The van der Waals surface area contributed by atoms with Crippen molar-refractivity contribution in [1.82, 2.24) is 14.9 Å². The molecule has 9 heteroatoms. The number of fused-ring (bicyclic) bond motifs is 1. The summed E-state index contributed by atoms with van der Waals surface area (Å²) in [5.41, 5.74) is 2.25. The van der Waals surface area contributed by atoms with Gasteiger partial charge in [0.05, 0.1) is 17.1 Å². The first-order valence-electron chi connectivity index (χ1n) is 11.4. The van der Waals surface area contributed by atoms with Gasteiger partial charge in [0.15, 0.2) is 0 Å². The van der Waals surface area contributed by atoms with Gasteiger partial charge in [0.2, 0.25) is 5.91 Å². The maximum atomic E-state index is 14.1. The van der Waals surface area contributed by atoms with Crippen molar-refractivity contribution in [2.24, 2.45) is 0 Å². The molecule has 180 valence electrons. The van der Waals surface area contributed by atoms with Crippen LogP contribution in [0, 0.1) is 11.6 Å². The molecule has 1 saturated heterocycles. The molecule has 0 aliphatic carbocycles. The average molecular weight is 495 g/mol. The van der Waals surface area contributed by atoms with Crippen molar-refractivity contribution in [1.29, 1.82) is 0 Å². The molecule has 1 aliphatic heterocycles. The Kier molecular flexibility index (Phi) is 6.34. The normalized spacial score (nSPS) is 14.4. The highest BCUT2D eigenvalue weighted by atomic mass is 32.1. The number of anilines is 1. The number of halogens is 2. The summed E-state index contributed by atoms with van der Waals surface area (Å²) in [5.74, 6) is -1.70. The van der Waals surface area contributed by atoms with Crippen molar-refractivity contribution in [2.75, 3.05) is 25.0 Å². The fourth-order valence-corrected chi connectivity index (χ4v) is 5.50. The van der Waals surface area contributed by atoms with Crippen molar-refractivity contribution in [3.63, 3.8) is 0 Å². The van der Waals surface area contributed by atoms with Gasteiger partial charge in [-0.3, -0.25) is 9.59 Å². The van der Waals surface area contributed by atoms with E-state index in [1.807, 2.05) is 35.4 Å². The van der Waals surface area contributed by atoms with Gasteiger partial charge in [-0.25, -0.2) is 13.8 Å². The van der Waals surface area contributed by atoms with E-state index >= 15 is 0 Å². The Morgan fingerprint density at radius 3 is 2.71 bits per heavy atom. The second-order valence-electron chi connectivity index (χ2n) is 8.72. The van der Waals surface area contributed by atoms with E-state index in [0.29, 0.717) is 19.5 Å². The molecule has 2 amide bonds. The Bertz CT molecular complexity index is 1390. The molecule has 0 spiro atoms. The van der Waals surface area contributed by atoms with Crippen LogP contribution in [0.15, 0.2) is 54.0 Å². The largest absolute Gasteiger partial charge is 0.361 e. The summed E-state index contributed by atoms with van der Waals surface area (Å²) >= 11 is 1.40. The summed E-state index contributed by atoms with van der Waals surface area (Å²) in [6.45, 7) is 1.27. The second kappa shape index (κ2) is 9.58. The number of para-hydroxylation sites is 1. The van der Waals surface area contributed by atoms with E-state index in [9.17, 15) is 18.4 Å². The summed E-state index contributed by atoms with van der Waals surface area (Å²) in [5, 5.41) is 3.58. The SMILES string of the molecule is CN(C(=O)c1csc(C2CCN(C(=O)Cc3c[nH]c4ccccc34)CC2)n1)c1ccc(F)cc1F. The lowest BCUT2D eigenvalue weighted by molar-refractivity contribution is -0.131. The Balaban J connectivity index is 1.20. The van der Waals surface area contributed by atoms with E-state index in [0.717, 1.165) is 51.3 Å². The predicted molar refractivity (Wildman–Crippen MR) is 132 cm³/mol. The third kappa shape index (κ3) is 4.68. The van der Waals surface area contributed by atoms with Crippen LogP contribution in [-0.4, -0.2) is 46.8 Å². The van der Waals surface area contributed by atoms with Crippen molar-refractivity contribution >= 4 is 39.7 Å². The number of piperidine rings is 1. The number of likely N-dealkylation sites (tertiary alicyclic amines) is 1. The number of nitrogens with zero attached hydrogens (tertiary/aromatic N) is 3. The van der Waals surface area contributed by atoms with Gasteiger partial charge in [0.1, 0.15) is 17.3 Å². The summed E-state index contributed by atoms with van der Waals surface area (Å²) in [6, 6.07) is 11.0. The number of carbonyl (C=O) groups excluding carboxylic acids is 2. The van der Waals surface area contributed by atoms with Crippen LogP contribution in [0.1, 0.15) is 39.8 Å². The molecule has 4 aromatic rings. The molecule has 1 fully saturated rings. The number of hydrogen-bond donors (Lipinski definition) is 1. The summed E-state index contributed by atoms with van der Waals surface area (Å²) in [7, 11) is 1.44. The number of amides is 2. The Morgan fingerprint density at radius 1 is 1.17 bits per heavy atom. The van der Waals surface area contributed by atoms with E-state index in [-0.39, 0.29) is 23.2 Å². The van der Waals surface area contributed by atoms with Gasteiger partial charge in [0.25, 0.3) is 5.91 Å². The molecular formula is C26H24F2N4O2S. The van der Waals surface area contributed by atoms with E-state index in [1.165, 1.54) is 24.5 Å². The molecule has 1 N–H and O–H groups in total. The van der Waals surface area contributed by atoms with Crippen molar-refractivity contribution < 1.29 is 18.4 Å². The second-order valence-corrected chi connectivity index (χ2v) is 9.61. The van der Waals surface area contributed by atoms with Crippen molar-refractivity contribution in [3.8, 4) is 0 Å². The Morgan fingerprint density at radius 2 is 1.94 bits per heavy atom. The van der Waals surface area contributed by atoms with Gasteiger partial charge in [0, 0.05) is 54.6 Å². The number of aromatic nitrogens is 2. The number of carbonyl (C=O) groups is 2. The summed E-state index contributed by atoms with van der Waals surface area (Å²) < 4.78 is 27.3. The van der Waals surface area contributed by atoms with Gasteiger partial charge in [-0.2, -0.15) is 0 Å². The van der Waals surface area contributed by atoms with Gasteiger partial charge >= 0.3 is 0 Å². The molecule has 0 atom stereocenters. The molecule has 0 radical (unpaired) electrons. The monoisotopic (exact) mass is 494 g/mol. The lowest BCUT2D eigenvalue weighted by Gasteiger charge is -2.31. The number of hydrogen-bond acceptors (Lipinski definition) is 4. The van der Waals surface area contributed by atoms with Crippen LogP contribution in [0.4, 0.5) is 14.5 Å². The zero-order valence-electron chi connectivity index (χ0n) is 19.1. The van der Waals surface area contributed by atoms with Gasteiger partial charge in [-0.05, 0) is 36.6 Å². The highest BCUT2D eigenvalue weighted by Crippen LogP contribution is 2.31. The van der Waals surface area contributed by atoms with Crippen LogP contribution in [-0.2, 0) is 11.2 Å². The minimum Gasteiger partial charge on any atom is -0.361 e.